The molecule has 0 bridgehead atoms. The molecule has 1 aromatic heterocycles. The minimum Gasteiger partial charge on any atom is -0.466 e. The molecule has 1 rings (SSSR count). The van der Waals surface area contributed by atoms with E-state index in [1.807, 2.05) is 6.92 Å². The fraction of sp³-hybridized carbons (Fsp3) is 0.583. The molecule has 0 saturated carbocycles. The van der Waals surface area contributed by atoms with Crippen LogP contribution in [0.5, 0.6) is 0 Å². The SMILES string of the molecule is CCOC(=O)CCCNC(=O)c1nn(CC)cc1N. The summed E-state index contributed by atoms with van der Waals surface area (Å²) in [5.41, 5.74) is 6.26. The van der Waals surface area contributed by atoms with E-state index in [1.54, 1.807) is 17.8 Å². The molecule has 0 aliphatic heterocycles. The Bertz CT molecular complexity index is 442. The highest BCUT2D eigenvalue weighted by molar-refractivity contribution is 5.96. The topological polar surface area (TPSA) is 99.2 Å². The number of aromatic nitrogens is 2. The maximum absolute atomic E-state index is 11.8. The molecule has 0 unspecified atom stereocenters. The average Bonchev–Trinajstić information content (AvgIpc) is 2.76. The molecule has 0 aliphatic rings. The molecule has 3 N–H and O–H groups in total. The Hall–Kier alpha value is -2.05. The summed E-state index contributed by atoms with van der Waals surface area (Å²) < 4.78 is 6.38. The first-order valence-electron chi connectivity index (χ1n) is 6.35. The minimum atomic E-state index is -0.325. The van der Waals surface area contributed by atoms with Gasteiger partial charge >= 0.3 is 5.97 Å². The number of hydrogen-bond acceptors (Lipinski definition) is 5. The highest BCUT2D eigenvalue weighted by Crippen LogP contribution is 2.08. The predicted octanol–water partition coefficient (Wildman–Crippen LogP) is 0.558. The van der Waals surface area contributed by atoms with E-state index in [0.29, 0.717) is 31.8 Å². The van der Waals surface area contributed by atoms with Gasteiger partial charge < -0.3 is 15.8 Å². The van der Waals surface area contributed by atoms with Gasteiger partial charge in [0, 0.05) is 25.7 Å². The van der Waals surface area contributed by atoms with Gasteiger partial charge in [0.2, 0.25) is 0 Å². The Morgan fingerprint density at radius 2 is 2.21 bits per heavy atom. The first kappa shape index (κ1) is 15.0. The van der Waals surface area contributed by atoms with Crippen LogP contribution in [0.15, 0.2) is 6.20 Å². The molecule has 0 aliphatic carbocycles. The smallest absolute Gasteiger partial charge is 0.305 e. The van der Waals surface area contributed by atoms with Crippen LogP contribution in [0.2, 0.25) is 0 Å². The van der Waals surface area contributed by atoms with Crippen LogP contribution < -0.4 is 11.1 Å². The molecule has 1 aromatic rings. The van der Waals surface area contributed by atoms with Crippen molar-refractivity contribution in [2.75, 3.05) is 18.9 Å². The molecule has 0 fully saturated rings. The van der Waals surface area contributed by atoms with Crippen LogP contribution in [0.25, 0.3) is 0 Å². The van der Waals surface area contributed by atoms with E-state index < -0.39 is 0 Å². The quantitative estimate of drug-likeness (QED) is 0.556. The lowest BCUT2D eigenvalue weighted by molar-refractivity contribution is -0.143. The van der Waals surface area contributed by atoms with Gasteiger partial charge in [-0.2, -0.15) is 5.10 Å². The number of amides is 1. The van der Waals surface area contributed by atoms with E-state index in [-0.39, 0.29) is 24.0 Å². The van der Waals surface area contributed by atoms with Gasteiger partial charge in [-0.25, -0.2) is 0 Å². The zero-order valence-corrected chi connectivity index (χ0v) is 11.3. The van der Waals surface area contributed by atoms with Crippen LogP contribution in [-0.4, -0.2) is 34.8 Å². The van der Waals surface area contributed by atoms with Crippen molar-refractivity contribution in [3.63, 3.8) is 0 Å². The van der Waals surface area contributed by atoms with Crippen molar-refractivity contribution in [3.8, 4) is 0 Å². The number of esters is 1. The lowest BCUT2D eigenvalue weighted by Gasteiger charge is -2.04. The lowest BCUT2D eigenvalue weighted by Crippen LogP contribution is -2.26. The van der Waals surface area contributed by atoms with Crippen molar-refractivity contribution in [3.05, 3.63) is 11.9 Å². The molecule has 1 heterocycles. The molecular weight excluding hydrogens is 248 g/mol. The summed E-state index contributed by atoms with van der Waals surface area (Å²) in [5.74, 6) is -0.583. The van der Waals surface area contributed by atoms with Crippen molar-refractivity contribution in [2.24, 2.45) is 0 Å². The van der Waals surface area contributed by atoms with E-state index in [9.17, 15) is 9.59 Å². The summed E-state index contributed by atoms with van der Waals surface area (Å²) in [5, 5.41) is 6.73. The van der Waals surface area contributed by atoms with Crippen LogP contribution >= 0.6 is 0 Å². The molecule has 7 heteroatoms. The zero-order valence-electron chi connectivity index (χ0n) is 11.3. The van der Waals surface area contributed by atoms with Crippen molar-refractivity contribution < 1.29 is 14.3 Å². The van der Waals surface area contributed by atoms with Gasteiger partial charge in [-0.1, -0.05) is 0 Å². The Balaban J connectivity index is 2.35. The molecule has 7 nitrogen and oxygen atoms in total. The molecule has 0 saturated heterocycles. The van der Waals surface area contributed by atoms with Crippen LogP contribution in [0.1, 0.15) is 37.2 Å². The largest absolute Gasteiger partial charge is 0.466 e. The standard InChI is InChI=1S/C12H20N4O3/c1-3-16-8-9(13)11(15-16)12(18)14-7-5-6-10(17)19-4-2/h8H,3-7,13H2,1-2H3,(H,14,18). The zero-order chi connectivity index (χ0) is 14.3. The minimum absolute atomic E-state index is 0.220. The van der Waals surface area contributed by atoms with Crippen LogP contribution in [0.4, 0.5) is 5.69 Å². The second kappa shape index (κ2) is 7.40. The van der Waals surface area contributed by atoms with E-state index in [0.717, 1.165) is 0 Å². The molecule has 0 atom stereocenters. The lowest BCUT2D eigenvalue weighted by atomic mass is 10.3. The van der Waals surface area contributed by atoms with Gasteiger partial charge in [0.25, 0.3) is 5.91 Å². The number of hydrogen-bond donors (Lipinski definition) is 2. The summed E-state index contributed by atoms with van der Waals surface area (Å²) in [4.78, 5) is 22.9. The summed E-state index contributed by atoms with van der Waals surface area (Å²) in [7, 11) is 0. The maximum Gasteiger partial charge on any atom is 0.305 e. The van der Waals surface area contributed by atoms with Crippen molar-refractivity contribution in [2.45, 2.75) is 33.2 Å². The molecule has 19 heavy (non-hydrogen) atoms. The number of aryl methyl sites for hydroxylation is 1. The van der Waals surface area contributed by atoms with E-state index in [2.05, 4.69) is 10.4 Å². The highest BCUT2D eigenvalue weighted by atomic mass is 16.5. The first-order valence-corrected chi connectivity index (χ1v) is 6.35. The Morgan fingerprint density at radius 1 is 1.47 bits per heavy atom. The Labute approximate surface area is 112 Å². The fourth-order valence-corrected chi connectivity index (χ4v) is 1.53. The predicted molar refractivity (Wildman–Crippen MR) is 70.5 cm³/mol. The third-order valence-electron chi connectivity index (χ3n) is 2.48. The fourth-order valence-electron chi connectivity index (χ4n) is 1.53. The number of nitrogen functional groups attached to an aromatic ring is 1. The van der Waals surface area contributed by atoms with E-state index >= 15 is 0 Å². The second-order valence-electron chi connectivity index (χ2n) is 3.95. The summed E-state index contributed by atoms with van der Waals surface area (Å²) >= 11 is 0. The summed E-state index contributed by atoms with van der Waals surface area (Å²) in [6, 6.07) is 0. The number of nitrogens with two attached hydrogens (primary N) is 1. The van der Waals surface area contributed by atoms with Crippen molar-refractivity contribution in [1.82, 2.24) is 15.1 Å². The van der Waals surface area contributed by atoms with E-state index in [1.165, 1.54) is 0 Å². The van der Waals surface area contributed by atoms with Gasteiger partial charge in [-0.3, -0.25) is 14.3 Å². The van der Waals surface area contributed by atoms with Gasteiger partial charge in [0.1, 0.15) is 0 Å². The summed E-state index contributed by atoms with van der Waals surface area (Å²) in [6.45, 7) is 5.08. The number of nitrogens with one attached hydrogen (secondary N) is 1. The van der Waals surface area contributed by atoms with Gasteiger partial charge in [0.05, 0.1) is 12.3 Å². The number of ether oxygens (including phenoxy) is 1. The van der Waals surface area contributed by atoms with Gasteiger partial charge in [0.15, 0.2) is 5.69 Å². The molecule has 1 amide bonds. The Morgan fingerprint density at radius 3 is 2.79 bits per heavy atom. The third kappa shape index (κ3) is 4.61. The summed E-state index contributed by atoms with van der Waals surface area (Å²) in [6.07, 6.45) is 2.43. The molecule has 0 radical (unpaired) electrons. The van der Waals surface area contributed by atoms with Crippen LogP contribution in [0, 0.1) is 0 Å². The number of carbonyl (C=O) groups is 2. The van der Waals surface area contributed by atoms with Crippen molar-refractivity contribution >= 4 is 17.6 Å². The molecular formula is C12H20N4O3. The van der Waals surface area contributed by atoms with E-state index in [4.69, 9.17) is 10.5 Å². The van der Waals surface area contributed by atoms with Gasteiger partial charge in [-0.05, 0) is 20.3 Å². The molecule has 0 spiro atoms. The second-order valence-corrected chi connectivity index (χ2v) is 3.95. The Kier molecular flexibility index (Phi) is 5.84. The molecule has 106 valence electrons. The molecule has 0 aromatic carbocycles. The first-order chi connectivity index (χ1) is 9.08. The average molecular weight is 268 g/mol. The third-order valence-corrected chi connectivity index (χ3v) is 2.48. The maximum atomic E-state index is 11.8. The number of rotatable bonds is 7. The highest BCUT2D eigenvalue weighted by Gasteiger charge is 2.14. The van der Waals surface area contributed by atoms with Gasteiger partial charge in [-0.15, -0.1) is 0 Å². The van der Waals surface area contributed by atoms with Crippen molar-refractivity contribution in [1.29, 1.82) is 0 Å². The number of anilines is 1. The normalized spacial score (nSPS) is 10.2. The van der Waals surface area contributed by atoms with Crippen LogP contribution in [0.3, 0.4) is 0 Å². The van der Waals surface area contributed by atoms with Crippen LogP contribution in [-0.2, 0) is 16.1 Å². The monoisotopic (exact) mass is 268 g/mol. The number of nitrogens with zero attached hydrogens (tertiary/aromatic N) is 2. The number of carbonyl (C=O) groups excluding carboxylic acids is 2.